The van der Waals surface area contributed by atoms with Crippen molar-refractivity contribution in [3.8, 4) is 0 Å². The number of hydrogen-bond acceptors (Lipinski definition) is 2. The van der Waals surface area contributed by atoms with Gasteiger partial charge in [0, 0.05) is 12.2 Å². The molecule has 0 spiro atoms. The van der Waals surface area contributed by atoms with Gasteiger partial charge in [-0.2, -0.15) is 0 Å². The molecule has 0 aromatic heterocycles. The summed E-state index contributed by atoms with van der Waals surface area (Å²) in [5.74, 6) is 0. The van der Waals surface area contributed by atoms with E-state index in [1.54, 1.807) is 0 Å². The molecule has 0 amide bonds. The summed E-state index contributed by atoms with van der Waals surface area (Å²) in [7, 11) is -1.30. The molecule has 1 atom stereocenters. The largest absolute Gasteiger partial charge is 0.395 e. The zero-order valence-electron chi connectivity index (χ0n) is 9.73. The van der Waals surface area contributed by atoms with Gasteiger partial charge in [0.15, 0.2) is 0 Å². The van der Waals surface area contributed by atoms with Crippen molar-refractivity contribution in [1.82, 2.24) is 0 Å². The summed E-state index contributed by atoms with van der Waals surface area (Å²) in [5.41, 5.74) is 1.34. The highest BCUT2D eigenvalue weighted by Crippen LogP contribution is 2.24. The summed E-state index contributed by atoms with van der Waals surface area (Å²) in [6.45, 7) is 9.13. The molecule has 2 rings (SSSR count). The predicted octanol–water partition coefficient (Wildman–Crippen LogP) is 2.73. The SMILES string of the molecule is C[Si](C)(C)N(CC1CO1)c1ccccc1. The van der Waals surface area contributed by atoms with Crippen molar-refractivity contribution >= 4 is 13.9 Å². The van der Waals surface area contributed by atoms with E-state index in [2.05, 4.69) is 54.5 Å². The van der Waals surface area contributed by atoms with Gasteiger partial charge >= 0.3 is 0 Å². The molecule has 1 heterocycles. The van der Waals surface area contributed by atoms with Gasteiger partial charge in [-0.3, -0.25) is 0 Å². The van der Waals surface area contributed by atoms with Crippen LogP contribution >= 0.6 is 0 Å². The Morgan fingerprint density at radius 2 is 1.87 bits per heavy atom. The van der Waals surface area contributed by atoms with Crippen LogP contribution in [-0.4, -0.2) is 27.5 Å². The first kappa shape index (κ1) is 10.7. The van der Waals surface area contributed by atoms with Crippen LogP contribution in [0.5, 0.6) is 0 Å². The van der Waals surface area contributed by atoms with E-state index in [4.69, 9.17) is 4.74 Å². The Kier molecular flexibility index (Phi) is 2.84. The average Bonchev–Trinajstić information content (AvgIpc) is 2.97. The van der Waals surface area contributed by atoms with E-state index in [1.165, 1.54) is 5.69 Å². The predicted molar refractivity (Wildman–Crippen MR) is 66.9 cm³/mol. The molecule has 0 radical (unpaired) electrons. The van der Waals surface area contributed by atoms with Crippen molar-refractivity contribution in [1.29, 1.82) is 0 Å². The third kappa shape index (κ3) is 2.83. The third-order valence-electron chi connectivity index (χ3n) is 2.67. The Morgan fingerprint density at radius 3 is 2.33 bits per heavy atom. The van der Waals surface area contributed by atoms with Crippen LogP contribution < -0.4 is 4.57 Å². The van der Waals surface area contributed by atoms with Gasteiger partial charge in [-0.05, 0) is 12.1 Å². The second kappa shape index (κ2) is 3.98. The van der Waals surface area contributed by atoms with Gasteiger partial charge in [-0.25, -0.2) is 0 Å². The minimum absolute atomic E-state index is 0.469. The fourth-order valence-corrected chi connectivity index (χ4v) is 3.43. The van der Waals surface area contributed by atoms with Crippen molar-refractivity contribution in [2.75, 3.05) is 17.7 Å². The molecular formula is C12H19NOSi. The monoisotopic (exact) mass is 221 g/mol. The molecule has 1 fully saturated rings. The van der Waals surface area contributed by atoms with Crippen molar-refractivity contribution in [3.63, 3.8) is 0 Å². The van der Waals surface area contributed by atoms with Gasteiger partial charge in [0.05, 0.1) is 12.7 Å². The van der Waals surface area contributed by atoms with Gasteiger partial charge in [0.25, 0.3) is 0 Å². The Bertz CT molecular complexity index is 316. The number of anilines is 1. The Hall–Kier alpha value is -0.803. The second-order valence-electron chi connectivity index (χ2n) is 5.07. The van der Waals surface area contributed by atoms with E-state index >= 15 is 0 Å². The van der Waals surface area contributed by atoms with Crippen LogP contribution in [0.15, 0.2) is 30.3 Å². The molecule has 1 unspecified atom stereocenters. The normalized spacial score (nSPS) is 20.1. The Morgan fingerprint density at radius 1 is 1.27 bits per heavy atom. The zero-order valence-corrected chi connectivity index (χ0v) is 10.7. The molecule has 82 valence electrons. The molecule has 0 saturated carbocycles. The van der Waals surface area contributed by atoms with Gasteiger partial charge in [-0.15, -0.1) is 0 Å². The first-order valence-corrected chi connectivity index (χ1v) is 8.96. The number of rotatable bonds is 4. The van der Waals surface area contributed by atoms with Crippen molar-refractivity contribution in [3.05, 3.63) is 30.3 Å². The lowest BCUT2D eigenvalue weighted by Crippen LogP contribution is -2.48. The summed E-state index contributed by atoms with van der Waals surface area (Å²) in [6.07, 6.45) is 0.469. The fourth-order valence-electron chi connectivity index (χ4n) is 1.75. The number of hydrogen-bond donors (Lipinski definition) is 0. The minimum atomic E-state index is -1.30. The summed E-state index contributed by atoms with van der Waals surface area (Å²) < 4.78 is 7.88. The van der Waals surface area contributed by atoms with Crippen molar-refractivity contribution in [2.45, 2.75) is 25.7 Å². The maximum Gasteiger partial charge on any atom is 0.147 e. The minimum Gasteiger partial charge on any atom is -0.395 e. The van der Waals surface area contributed by atoms with Crippen molar-refractivity contribution in [2.24, 2.45) is 0 Å². The second-order valence-corrected chi connectivity index (χ2v) is 9.95. The summed E-state index contributed by atoms with van der Waals surface area (Å²) >= 11 is 0. The molecule has 2 nitrogen and oxygen atoms in total. The van der Waals surface area contributed by atoms with E-state index < -0.39 is 8.24 Å². The molecule has 1 aromatic carbocycles. The molecule has 1 aliphatic rings. The number of ether oxygens (including phenoxy) is 1. The van der Waals surface area contributed by atoms with Gasteiger partial charge in [0.1, 0.15) is 8.24 Å². The van der Waals surface area contributed by atoms with Gasteiger partial charge in [-0.1, -0.05) is 37.8 Å². The van der Waals surface area contributed by atoms with Crippen LogP contribution in [-0.2, 0) is 4.74 Å². The molecule has 0 N–H and O–H groups in total. The Labute approximate surface area is 92.9 Å². The highest BCUT2D eigenvalue weighted by Gasteiger charge is 2.31. The molecule has 1 aliphatic heterocycles. The highest BCUT2D eigenvalue weighted by molar-refractivity contribution is 6.79. The van der Waals surface area contributed by atoms with Crippen LogP contribution in [0.3, 0.4) is 0 Å². The van der Waals surface area contributed by atoms with Crippen LogP contribution in [0, 0.1) is 0 Å². The summed E-state index contributed by atoms with van der Waals surface area (Å²) in [5, 5.41) is 0. The van der Waals surface area contributed by atoms with Crippen LogP contribution in [0.25, 0.3) is 0 Å². The number of epoxide rings is 1. The van der Waals surface area contributed by atoms with E-state index in [1.807, 2.05) is 0 Å². The Balaban J connectivity index is 2.17. The van der Waals surface area contributed by atoms with Crippen LogP contribution in [0.2, 0.25) is 19.6 Å². The number of para-hydroxylation sites is 1. The topological polar surface area (TPSA) is 15.8 Å². The number of benzene rings is 1. The van der Waals surface area contributed by atoms with E-state index in [0.29, 0.717) is 6.10 Å². The molecule has 0 bridgehead atoms. The smallest absolute Gasteiger partial charge is 0.147 e. The van der Waals surface area contributed by atoms with E-state index in [-0.39, 0.29) is 0 Å². The van der Waals surface area contributed by atoms with Gasteiger partial charge < -0.3 is 9.30 Å². The lowest BCUT2D eigenvalue weighted by molar-refractivity contribution is 0.412. The molecule has 1 saturated heterocycles. The summed E-state index contributed by atoms with van der Waals surface area (Å²) in [4.78, 5) is 0. The first-order chi connectivity index (χ1) is 7.07. The quantitative estimate of drug-likeness (QED) is 0.574. The highest BCUT2D eigenvalue weighted by atomic mass is 28.3. The molecular weight excluding hydrogens is 202 g/mol. The third-order valence-corrected chi connectivity index (χ3v) is 4.73. The molecule has 0 aliphatic carbocycles. The fraction of sp³-hybridized carbons (Fsp3) is 0.500. The maximum absolute atomic E-state index is 5.34. The molecule has 3 heteroatoms. The standard InChI is InChI=1S/C12H19NOSi/c1-15(2,3)13(9-12-10-14-12)11-7-5-4-6-8-11/h4-8,12H,9-10H2,1-3H3. The molecule has 15 heavy (non-hydrogen) atoms. The first-order valence-electron chi connectivity index (χ1n) is 5.51. The number of nitrogens with zero attached hydrogens (tertiary/aromatic N) is 1. The van der Waals surface area contributed by atoms with E-state index in [9.17, 15) is 0 Å². The maximum atomic E-state index is 5.34. The van der Waals surface area contributed by atoms with Crippen LogP contribution in [0.1, 0.15) is 0 Å². The molecule has 1 aromatic rings. The van der Waals surface area contributed by atoms with Crippen LogP contribution in [0.4, 0.5) is 5.69 Å². The van der Waals surface area contributed by atoms with Crippen molar-refractivity contribution < 1.29 is 4.74 Å². The van der Waals surface area contributed by atoms with Gasteiger partial charge in [0.2, 0.25) is 0 Å². The zero-order chi connectivity index (χ0) is 10.9. The average molecular weight is 221 g/mol. The summed E-state index contributed by atoms with van der Waals surface area (Å²) in [6, 6.07) is 10.7. The lowest BCUT2D eigenvalue weighted by atomic mass is 10.3. The lowest BCUT2D eigenvalue weighted by Gasteiger charge is -2.36. The van der Waals surface area contributed by atoms with E-state index in [0.717, 1.165) is 13.2 Å².